The van der Waals surface area contributed by atoms with Gasteiger partial charge in [0.1, 0.15) is 5.75 Å². The zero-order valence-electron chi connectivity index (χ0n) is 21.8. The summed E-state index contributed by atoms with van der Waals surface area (Å²) < 4.78 is 12.7. The molecular weight excluding hydrogens is 547 g/mol. The number of aryl methyl sites for hydroxylation is 1. The van der Waals surface area contributed by atoms with Crippen molar-refractivity contribution in [2.24, 2.45) is 0 Å². The van der Waals surface area contributed by atoms with E-state index in [9.17, 15) is 9.59 Å². The highest BCUT2D eigenvalue weighted by Crippen LogP contribution is 2.33. The van der Waals surface area contributed by atoms with E-state index >= 15 is 0 Å². The third-order valence-corrected chi connectivity index (χ3v) is 8.39. The molecule has 0 aliphatic carbocycles. The summed E-state index contributed by atoms with van der Waals surface area (Å²) in [6.45, 7) is 5.30. The molecular formula is C27H34Cl2N4O4S. The van der Waals surface area contributed by atoms with E-state index in [2.05, 4.69) is 9.80 Å². The standard InChI is InChI=1S/C27H34Cl2N4O4S/c1-30(38-2)27(35)37-19-33-24-18-21(10-8-20(24)9-11-25(33)34)36-17-4-3-12-31-13-15-32(16-14-31)23-7-5-6-22(28)26(23)29/h5-8,10,18H,3-4,9,11-17,19H2,1-2H3. The predicted octanol–water partition coefficient (Wildman–Crippen LogP) is 5.56. The Hall–Kier alpha value is -2.33. The summed E-state index contributed by atoms with van der Waals surface area (Å²) in [6, 6.07) is 11.6. The number of hydrogen-bond acceptors (Lipinski definition) is 7. The molecule has 2 aliphatic heterocycles. The van der Waals surface area contributed by atoms with Crippen molar-refractivity contribution in [2.45, 2.75) is 25.7 Å². The van der Waals surface area contributed by atoms with Crippen molar-refractivity contribution in [1.29, 1.82) is 0 Å². The molecule has 8 nitrogen and oxygen atoms in total. The second-order valence-corrected chi connectivity index (χ2v) is 11.0. The van der Waals surface area contributed by atoms with Gasteiger partial charge in [-0.3, -0.25) is 18.9 Å². The van der Waals surface area contributed by atoms with E-state index in [0.29, 0.717) is 35.2 Å². The number of rotatable bonds is 10. The largest absolute Gasteiger partial charge is 0.494 e. The molecule has 2 amide bonds. The van der Waals surface area contributed by atoms with Crippen molar-refractivity contribution in [3.8, 4) is 5.75 Å². The molecule has 0 N–H and O–H groups in total. The molecule has 38 heavy (non-hydrogen) atoms. The van der Waals surface area contributed by atoms with E-state index in [0.717, 1.165) is 62.5 Å². The van der Waals surface area contributed by atoms with Gasteiger partial charge >= 0.3 is 6.09 Å². The maximum atomic E-state index is 12.6. The summed E-state index contributed by atoms with van der Waals surface area (Å²) in [5.74, 6) is 0.648. The van der Waals surface area contributed by atoms with Gasteiger partial charge in [0.2, 0.25) is 5.91 Å². The lowest BCUT2D eigenvalue weighted by molar-refractivity contribution is -0.119. The molecule has 1 saturated heterocycles. The summed E-state index contributed by atoms with van der Waals surface area (Å²) in [5, 5.41) is 1.21. The molecule has 0 atom stereocenters. The summed E-state index contributed by atoms with van der Waals surface area (Å²) in [4.78, 5) is 30.9. The minimum atomic E-state index is -0.487. The Kier molecular flexibility index (Phi) is 10.3. The highest BCUT2D eigenvalue weighted by molar-refractivity contribution is 7.96. The first kappa shape index (κ1) is 28.7. The fraction of sp³-hybridized carbons (Fsp3) is 0.481. The zero-order chi connectivity index (χ0) is 27.1. The number of unbranched alkanes of at least 4 members (excludes halogenated alkanes) is 1. The molecule has 1 fully saturated rings. The number of hydrogen-bond donors (Lipinski definition) is 0. The summed E-state index contributed by atoms with van der Waals surface area (Å²) >= 11 is 13.8. The quantitative estimate of drug-likeness (QED) is 0.269. The van der Waals surface area contributed by atoms with Crippen LogP contribution in [0.4, 0.5) is 16.2 Å². The van der Waals surface area contributed by atoms with Crippen LogP contribution in [0, 0.1) is 0 Å². The average Bonchev–Trinajstić information content (AvgIpc) is 2.93. The number of ether oxygens (including phenoxy) is 2. The highest BCUT2D eigenvalue weighted by Gasteiger charge is 2.26. The molecule has 0 bridgehead atoms. The second kappa shape index (κ2) is 13.6. The van der Waals surface area contributed by atoms with Gasteiger partial charge in [-0.1, -0.05) is 35.3 Å². The van der Waals surface area contributed by atoms with Gasteiger partial charge in [-0.05, 0) is 61.5 Å². The lowest BCUT2D eigenvalue weighted by atomic mass is 10.0. The zero-order valence-corrected chi connectivity index (χ0v) is 24.2. The molecule has 206 valence electrons. The molecule has 2 aromatic carbocycles. The van der Waals surface area contributed by atoms with Crippen LogP contribution in [0.5, 0.6) is 5.75 Å². The lowest BCUT2D eigenvalue weighted by Crippen LogP contribution is -2.46. The Labute approximate surface area is 238 Å². The van der Waals surface area contributed by atoms with Crippen LogP contribution in [0.1, 0.15) is 24.8 Å². The SMILES string of the molecule is CSN(C)C(=O)OCN1C(=O)CCc2ccc(OCCCCN3CCN(c4cccc(Cl)c4Cl)CC3)cc21. The van der Waals surface area contributed by atoms with Gasteiger partial charge in [-0.15, -0.1) is 0 Å². The van der Waals surface area contributed by atoms with Gasteiger partial charge < -0.3 is 14.4 Å². The first-order valence-corrected chi connectivity index (χ1v) is 14.7. The van der Waals surface area contributed by atoms with E-state index in [4.69, 9.17) is 32.7 Å². The van der Waals surface area contributed by atoms with Crippen molar-refractivity contribution in [2.75, 3.05) is 69.2 Å². The Bertz CT molecular complexity index is 1130. The molecule has 4 rings (SSSR count). The van der Waals surface area contributed by atoms with Crippen LogP contribution >= 0.6 is 35.1 Å². The van der Waals surface area contributed by atoms with Crippen LogP contribution < -0.4 is 14.5 Å². The first-order valence-electron chi connectivity index (χ1n) is 12.8. The molecule has 2 aliphatic rings. The Morgan fingerprint density at radius 1 is 1.05 bits per heavy atom. The Morgan fingerprint density at radius 3 is 2.61 bits per heavy atom. The van der Waals surface area contributed by atoms with Gasteiger partial charge in [0.15, 0.2) is 6.73 Å². The van der Waals surface area contributed by atoms with Crippen LogP contribution in [0.15, 0.2) is 36.4 Å². The Morgan fingerprint density at radius 2 is 1.84 bits per heavy atom. The lowest BCUT2D eigenvalue weighted by Gasteiger charge is -2.36. The van der Waals surface area contributed by atoms with Gasteiger partial charge in [0, 0.05) is 52.0 Å². The normalized spacial score (nSPS) is 15.8. The van der Waals surface area contributed by atoms with Crippen LogP contribution in [-0.2, 0) is 16.0 Å². The molecule has 0 aromatic heterocycles. The maximum absolute atomic E-state index is 12.6. The predicted molar refractivity (Wildman–Crippen MR) is 155 cm³/mol. The van der Waals surface area contributed by atoms with Crippen LogP contribution in [0.25, 0.3) is 0 Å². The van der Waals surface area contributed by atoms with Crippen LogP contribution in [0.2, 0.25) is 10.0 Å². The summed E-state index contributed by atoms with van der Waals surface area (Å²) in [6.07, 6.45) is 4.32. The fourth-order valence-corrected chi connectivity index (χ4v) is 5.23. The number of anilines is 2. The van der Waals surface area contributed by atoms with Gasteiger partial charge in [0.05, 0.1) is 28.0 Å². The van der Waals surface area contributed by atoms with Gasteiger partial charge in [-0.2, -0.15) is 0 Å². The number of halogens is 2. The van der Waals surface area contributed by atoms with Crippen molar-refractivity contribution in [3.63, 3.8) is 0 Å². The highest BCUT2D eigenvalue weighted by atomic mass is 35.5. The number of amides is 2. The van der Waals surface area contributed by atoms with E-state index in [1.165, 1.54) is 21.2 Å². The minimum Gasteiger partial charge on any atom is -0.494 e. The van der Waals surface area contributed by atoms with E-state index < -0.39 is 6.09 Å². The number of carbonyl (C=O) groups is 2. The number of carbonyl (C=O) groups excluding carboxylic acids is 2. The number of fused-ring (bicyclic) bond motifs is 1. The number of nitrogens with zero attached hydrogens (tertiary/aromatic N) is 4. The topological polar surface area (TPSA) is 65.6 Å². The molecule has 0 unspecified atom stereocenters. The minimum absolute atomic E-state index is 0.0630. The first-order chi connectivity index (χ1) is 18.4. The molecule has 2 heterocycles. The van der Waals surface area contributed by atoms with Crippen molar-refractivity contribution in [1.82, 2.24) is 9.21 Å². The summed E-state index contributed by atoms with van der Waals surface area (Å²) in [5.41, 5.74) is 2.79. The third kappa shape index (κ3) is 7.20. The fourth-order valence-electron chi connectivity index (χ4n) is 4.61. The van der Waals surface area contributed by atoms with E-state index in [1.807, 2.05) is 36.4 Å². The van der Waals surface area contributed by atoms with Gasteiger partial charge in [-0.25, -0.2) is 4.79 Å². The third-order valence-electron chi connectivity index (χ3n) is 6.89. The number of benzene rings is 2. The van der Waals surface area contributed by atoms with Crippen molar-refractivity contribution < 1.29 is 19.1 Å². The molecule has 0 saturated carbocycles. The van der Waals surface area contributed by atoms with Gasteiger partial charge in [0.25, 0.3) is 0 Å². The second-order valence-electron chi connectivity index (χ2n) is 9.29. The van der Waals surface area contributed by atoms with Crippen molar-refractivity contribution in [3.05, 3.63) is 52.0 Å². The van der Waals surface area contributed by atoms with E-state index in [-0.39, 0.29) is 12.6 Å². The van der Waals surface area contributed by atoms with Crippen molar-refractivity contribution >= 4 is 58.5 Å². The Balaban J connectivity index is 1.21. The molecule has 11 heteroatoms. The maximum Gasteiger partial charge on any atom is 0.421 e. The molecule has 0 spiro atoms. The average molecular weight is 582 g/mol. The monoisotopic (exact) mass is 580 g/mol. The molecule has 2 aromatic rings. The van der Waals surface area contributed by atoms with Crippen LogP contribution in [-0.4, -0.2) is 80.6 Å². The van der Waals surface area contributed by atoms with E-state index in [1.54, 1.807) is 13.3 Å². The summed E-state index contributed by atoms with van der Waals surface area (Å²) in [7, 11) is 1.63. The smallest absolute Gasteiger partial charge is 0.421 e. The molecule has 0 radical (unpaired) electrons. The number of piperazine rings is 1. The van der Waals surface area contributed by atoms with Crippen LogP contribution in [0.3, 0.4) is 0 Å².